The molecule has 2 aliphatic rings. The fourth-order valence-corrected chi connectivity index (χ4v) is 9.02. The molecule has 0 saturated heterocycles. The van der Waals surface area contributed by atoms with Crippen molar-refractivity contribution in [1.29, 1.82) is 0 Å². The van der Waals surface area contributed by atoms with E-state index in [9.17, 15) is 0 Å². The number of allylic oxidation sites excluding steroid dienone is 5. The Balaban J connectivity index is 0.00000397. The quantitative estimate of drug-likeness (QED) is 0.145. The lowest BCUT2D eigenvalue weighted by Gasteiger charge is -2.17. The summed E-state index contributed by atoms with van der Waals surface area (Å²) in [6.07, 6.45) is 8.50. The summed E-state index contributed by atoms with van der Waals surface area (Å²) >= 11 is 0. The summed E-state index contributed by atoms with van der Waals surface area (Å²) < 4.78 is 0. The van der Waals surface area contributed by atoms with Gasteiger partial charge in [-0.25, -0.2) is 0 Å². The van der Waals surface area contributed by atoms with Crippen LogP contribution in [0.4, 0.5) is 0 Å². The number of rotatable bonds is 7. The van der Waals surface area contributed by atoms with Gasteiger partial charge in [0, 0.05) is 5.92 Å². The minimum atomic E-state index is 0. The molecule has 0 bridgehead atoms. The molecular weight excluding hydrogens is 661 g/mol. The van der Waals surface area contributed by atoms with Crippen LogP contribution in [0.25, 0.3) is 88.3 Å². The van der Waals surface area contributed by atoms with Crippen LogP contribution >= 0.6 is 0 Å². The van der Waals surface area contributed by atoms with Crippen LogP contribution < -0.4 is 0 Å². The van der Waals surface area contributed by atoms with Crippen molar-refractivity contribution in [3.63, 3.8) is 0 Å². The summed E-state index contributed by atoms with van der Waals surface area (Å²) in [5.41, 5.74) is 20.1. The maximum absolute atomic E-state index is 4.15. The molecule has 0 amide bonds. The Kier molecular flexibility index (Phi) is 8.40. The summed E-state index contributed by atoms with van der Waals surface area (Å²) in [5.74, 6) is 0.169. The topological polar surface area (TPSA) is 0 Å². The van der Waals surface area contributed by atoms with Gasteiger partial charge in [0.1, 0.15) is 0 Å². The minimum absolute atomic E-state index is 0. The lowest BCUT2D eigenvalue weighted by molar-refractivity contribution is 1.11. The van der Waals surface area contributed by atoms with E-state index in [0.717, 1.165) is 0 Å². The van der Waals surface area contributed by atoms with E-state index in [4.69, 9.17) is 0 Å². The van der Waals surface area contributed by atoms with Crippen LogP contribution in [0.2, 0.25) is 0 Å². The van der Waals surface area contributed by atoms with Gasteiger partial charge in [0.2, 0.25) is 0 Å². The second-order valence-corrected chi connectivity index (χ2v) is 14.4. The van der Waals surface area contributed by atoms with Crippen molar-refractivity contribution in [1.82, 2.24) is 0 Å². The molecule has 1 unspecified atom stereocenters. The van der Waals surface area contributed by atoms with Crippen molar-refractivity contribution >= 4 is 32.7 Å². The van der Waals surface area contributed by atoms with Crippen LogP contribution in [0.3, 0.4) is 0 Å². The van der Waals surface area contributed by atoms with Gasteiger partial charge in [0.15, 0.2) is 0 Å². The average molecular weight is 703 g/mol. The molecule has 8 aromatic carbocycles. The highest BCUT2D eigenvalue weighted by Crippen LogP contribution is 2.49. The van der Waals surface area contributed by atoms with Crippen LogP contribution in [-0.4, -0.2) is 0 Å². The molecule has 0 radical (unpaired) electrons. The average Bonchev–Trinajstić information content (AvgIpc) is 3.78. The summed E-state index contributed by atoms with van der Waals surface area (Å²) in [7, 11) is 0. The molecule has 0 aliphatic heterocycles. The highest BCUT2D eigenvalue weighted by molar-refractivity contribution is 6.18. The molecule has 0 fully saturated rings. The predicted molar refractivity (Wildman–Crippen MR) is 239 cm³/mol. The van der Waals surface area contributed by atoms with Crippen LogP contribution in [0.15, 0.2) is 195 Å². The Bertz CT molecular complexity index is 2900. The van der Waals surface area contributed by atoms with Gasteiger partial charge in [0.25, 0.3) is 0 Å². The number of hydrogen-bond donors (Lipinski definition) is 0. The van der Waals surface area contributed by atoms with Crippen molar-refractivity contribution in [3.05, 3.63) is 217 Å². The summed E-state index contributed by atoms with van der Waals surface area (Å²) in [6, 6.07) is 58.4. The maximum atomic E-state index is 4.15. The zero-order valence-corrected chi connectivity index (χ0v) is 30.3. The fourth-order valence-electron chi connectivity index (χ4n) is 9.02. The van der Waals surface area contributed by atoms with E-state index in [0.29, 0.717) is 0 Å². The van der Waals surface area contributed by atoms with E-state index in [-0.39, 0.29) is 13.3 Å². The van der Waals surface area contributed by atoms with E-state index in [1.807, 2.05) is 12.2 Å². The molecule has 55 heavy (non-hydrogen) atoms. The van der Waals surface area contributed by atoms with Gasteiger partial charge in [-0.15, -0.1) is 6.58 Å². The number of benzene rings is 8. The Hall–Kier alpha value is -6.76. The van der Waals surface area contributed by atoms with Gasteiger partial charge in [-0.3, -0.25) is 0 Å². The Morgan fingerprint density at radius 2 is 1.09 bits per heavy atom. The van der Waals surface area contributed by atoms with Gasteiger partial charge in [0.05, 0.1) is 0 Å². The second kappa shape index (κ2) is 13.6. The van der Waals surface area contributed by atoms with Crippen molar-refractivity contribution in [2.24, 2.45) is 0 Å². The number of hydrogen-bond acceptors (Lipinski definition) is 0. The molecule has 2 aliphatic carbocycles. The maximum Gasteiger partial charge on any atom is 0.0217 e. The molecule has 0 aromatic heterocycles. The molecule has 10 rings (SSSR count). The number of fused-ring (bicyclic) bond motifs is 5. The molecular formula is C55H42. The van der Waals surface area contributed by atoms with E-state index < -0.39 is 0 Å². The van der Waals surface area contributed by atoms with Crippen molar-refractivity contribution in [2.75, 3.05) is 0 Å². The van der Waals surface area contributed by atoms with Gasteiger partial charge in [-0.1, -0.05) is 172 Å². The lowest BCUT2D eigenvalue weighted by Crippen LogP contribution is -1.99. The van der Waals surface area contributed by atoms with Crippen LogP contribution in [0.1, 0.15) is 42.5 Å². The highest BCUT2D eigenvalue weighted by atomic mass is 14.3. The first-order valence-corrected chi connectivity index (χ1v) is 18.8. The Morgan fingerprint density at radius 1 is 0.509 bits per heavy atom. The first-order chi connectivity index (χ1) is 26.6. The van der Waals surface area contributed by atoms with E-state index in [2.05, 4.69) is 190 Å². The third kappa shape index (κ3) is 5.45. The Morgan fingerprint density at radius 3 is 1.80 bits per heavy atom. The predicted octanol–water partition coefficient (Wildman–Crippen LogP) is 15.6. The molecule has 0 N–H and O–H groups in total. The smallest absolute Gasteiger partial charge is 0.0217 e. The molecule has 0 heteroatoms. The van der Waals surface area contributed by atoms with Gasteiger partial charge in [-0.05, 0) is 142 Å². The molecule has 8 aromatic rings. The van der Waals surface area contributed by atoms with E-state index >= 15 is 0 Å². The van der Waals surface area contributed by atoms with Crippen LogP contribution in [0.5, 0.6) is 0 Å². The highest BCUT2D eigenvalue weighted by Gasteiger charge is 2.25. The summed E-state index contributed by atoms with van der Waals surface area (Å²) in [5, 5.41) is 5.13. The van der Waals surface area contributed by atoms with Gasteiger partial charge in [-0.2, -0.15) is 0 Å². The second-order valence-electron chi connectivity index (χ2n) is 14.4. The lowest BCUT2D eigenvalue weighted by atomic mass is 9.86. The summed E-state index contributed by atoms with van der Waals surface area (Å²) in [4.78, 5) is 0. The largest absolute Gasteiger partial charge is 0.102 e. The van der Waals surface area contributed by atoms with Gasteiger partial charge >= 0.3 is 0 Å². The standard InChI is InChI=1S/C54H38.CH4/c1-4-34-29-35(5-2)53-46(34)19-11-20-49(53)44(6-3)42-15-9-13-36(32-42)38-23-25-41-31-39(24-26-40(41)30-38)37-14-10-16-43(33-37)45-27-28-52-48-18-8-7-17-47(48)51-22-12-21-50(45)54(51)52;/h4-33,35H,1-2H2,3H3;1H4/b44-6-;. The molecule has 262 valence electrons. The molecule has 0 heterocycles. The third-order valence-electron chi connectivity index (χ3n) is 11.6. The van der Waals surface area contributed by atoms with Crippen molar-refractivity contribution in [3.8, 4) is 55.6 Å². The molecule has 1 atom stereocenters. The third-order valence-corrected chi connectivity index (χ3v) is 11.6. The normalized spacial score (nSPS) is 13.9. The SMILES string of the molecule is C.C=CC1=CC(C=C)c2c1cccc2/C(=C\C)c1cccc(-c2ccc3cc(-c4cccc(-c5ccc6c7c(cccc57)-c5ccccc5-6)c4)ccc3c2)c1. The van der Waals surface area contributed by atoms with E-state index in [1.165, 1.54) is 111 Å². The van der Waals surface area contributed by atoms with Crippen LogP contribution in [0, 0.1) is 0 Å². The monoisotopic (exact) mass is 702 g/mol. The van der Waals surface area contributed by atoms with E-state index in [1.54, 1.807) is 0 Å². The Labute approximate surface area is 324 Å². The first kappa shape index (κ1) is 34.0. The minimum Gasteiger partial charge on any atom is -0.102 e. The van der Waals surface area contributed by atoms with Gasteiger partial charge < -0.3 is 0 Å². The van der Waals surface area contributed by atoms with Crippen molar-refractivity contribution < 1.29 is 0 Å². The van der Waals surface area contributed by atoms with Crippen LogP contribution in [-0.2, 0) is 0 Å². The first-order valence-electron chi connectivity index (χ1n) is 18.8. The molecule has 0 nitrogen and oxygen atoms in total. The van der Waals surface area contributed by atoms with Crippen molar-refractivity contribution in [2.45, 2.75) is 20.3 Å². The molecule has 0 saturated carbocycles. The molecule has 0 spiro atoms. The summed E-state index contributed by atoms with van der Waals surface area (Å²) in [6.45, 7) is 10.4. The zero-order valence-electron chi connectivity index (χ0n) is 30.3. The zero-order chi connectivity index (χ0) is 36.3. The fraction of sp³-hybridized carbons (Fsp3) is 0.0545.